The Morgan fingerprint density at radius 2 is 2.20 bits per heavy atom. The van der Waals surface area contributed by atoms with Gasteiger partial charge in [-0.1, -0.05) is 15.9 Å². The molecule has 0 amide bonds. The van der Waals surface area contributed by atoms with E-state index < -0.39 is 0 Å². The molecule has 0 fully saturated rings. The molecule has 0 heterocycles. The first-order valence-electron chi connectivity index (χ1n) is 4.41. The summed E-state index contributed by atoms with van der Waals surface area (Å²) < 4.78 is 0. The van der Waals surface area contributed by atoms with Gasteiger partial charge in [0.15, 0.2) is 12.1 Å². The first kappa shape index (κ1) is 12.5. The highest BCUT2D eigenvalue weighted by molar-refractivity contribution is 9.10. The number of ketones is 1. The second-order valence-corrected chi connectivity index (χ2v) is 5.30. The molecule has 4 heteroatoms. The average molecular weight is 287 g/mol. The molecule has 1 rings (SSSR count). The van der Waals surface area contributed by atoms with Crippen LogP contribution in [-0.2, 0) is 0 Å². The van der Waals surface area contributed by atoms with Crippen LogP contribution in [0.1, 0.15) is 27.6 Å². The van der Waals surface area contributed by atoms with Gasteiger partial charge in [0.2, 0.25) is 0 Å². The zero-order valence-electron chi connectivity index (χ0n) is 8.49. The lowest BCUT2D eigenvalue weighted by molar-refractivity contribution is 0.0989. The summed E-state index contributed by atoms with van der Waals surface area (Å²) in [4.78, 5) is 23.3. The van der Waals surface area contributed by atoms with Crippen molar-refractivity contribution < 1.29 is 9.59 Å². The molecule has 15 heavy (non-hydrogen) atoms. The quantitative estimate of drug-likeness (QED) is 0.369. The van der Waals surface area contributed by atoms with E-state index in [1.807, 2.05) is 12.3 Å². The molecule has 0 spiro atoms. The Morgan fingerprint density at radius 1 is 1.53 bits per heavy atom. The number of alkyl halides is 1. The van der Waals surface area contributed by atoms with Crippen LogP contribution >= 0.6 is 27.7 Å². The van der Waals surface area contributed by atoms with E-state index >= 15 is 0 Å². The summed E-state index contributed by atoms with van der Waals surface area (Å²) in [6.07, 6.45) is 2.65. The first-order chi connectivity index (χ1) is 7.10. The van der Waals surface area contributed by atoms with Gasteiger partial charge in [0.25, 0.3) is 0 Å². The SMILES string of the molecule is CSc1ccc(C(=O)C(C)Br)c(C=O)c1. The lowest BCUT2D eigenvalue weighted by Crippen LogP contribution is -2.12. The van der Waals surface area contributed by atoms with Crippen molar-refractivity contribution in [2.75, 3.05) is 6.26 Å². The second-order valence-electron chi connectivity index (χ2n) is 3.05. The van der Waals surface area contributed by atoms with E-state index in [2.05, 4.69) is 15.9 Å². The van der Waals surface area contributed by atoms with E-state index in [4.69, 9.17) is 0 Å². The van der Waals surface area contributed by atoms with Crippen molar-refractivity contribution in [2.24, 2.45) is 0 Å². The van der Waals surface area contributed by atoms with E-state index in [-0.39, 0.29) is 10.6 Å². The van der Waals surface area contributed by atoms with E-state index in [1.165, 1.54) is 0 Å². The third kappa shape index (κ3) is 2.92. The average Bonchev–Trinajstić information content (AvgIpc) is 2.27. The minimum absolute atomic E-state index is 0.0650. The molecule has 0 saturated carbocycles. The van der Waals surface area contributed by atoms with Gasteiger partial charge in [0.1, 0.15) is 0 Å². The number of halogens is 1. The Labute approximate surface area is 102 Å². The lowest BCUT2D eigenvalue weighted by atomic mass is 10.0. The van der Waals surface area contributed by atoms with Crippen LogP contribution in [0.25, 0.3) is 0 Å². The van der Waals surface area contributed by atoms with Gasteiger partial charge in [-0.3, -0.25) is 9.59 Å². The van der Waals surface area contributed by atoms with Crippen molar-refractivity contribution in [3.63, 3.8) is 0 Å². The van der Waals surface area contributed by atoms with Crippen LogP contribution in [0.3, 0.4) is 0 Å². The maximum atomic E-state index is 11.7. The molecular formula is C11H11BrO2S. The van der Waals surface area contributed by atoms with Crippen molar-refractivity contribution in [1.29, 1.82) is 0 Å². The number of rotatable bonds is 4. The van der Waals surface area contributed by atoms with Gasteiger partial charge in [-0.05, 0) is 31.4 Å². The molecule has 1 atom stereocenters. The molecule has 2 nitrogen and oxygen atoms in total. The summed E-state index contributed by atoms with van der Waals surface area (Å²) in [6.45, 7) is 1.75. The molecule has 0 aliphatic carbocycles. The predicted octanol–water partition coefficient (Wildman–Crippen LogP) is 3.19. The van der Waals surface area contributed by atoms with Crippen LogP contribution < -0.4 is 0 Å². The Kier molecular flexibility index (Phi) is 4.54. The van der Waals surface area contributed by atoms with Crippen LogP contribution in [0.2, 0.25) is 0 Å². The monoisotopic (exact) mass is 286 g/mol. The van der Waals surface area contributed by atoms with E-state index in [1.54, 1.807) is 30.8 Å². The number of carbonyl (C=O) groups excluding carboxylic acids is 2. The van der Waals surface area contributed by atoms with Gasteiger partial charge in [-0.15, -0.1) is 11.8 Å². The summed E-state index contributed by atoms with van der Waals surface area (Å²) in [5.74, 6) is -0.0650. The molecule has 0 aliphatic heterocycles. The molecule has 0 aromatic heterocycles. The van der Waals surface area contributed by atoms with E-state index in [0.29, 0.717) is 11.1 Å². The van der Waals surface area contributed by atoms with Gasteiger partial charge in [-0.2, -0.15) is 0 Å². The molecule has 0 N–H and O–H groups in total. The number of hydrogen-bond donors (Lipinski definition) is 0. The zero-order chi connectivity index (χ0) is 11.4. The molecule has 1 aromatic carbocycles. The highest BCUT2D eigenvalue weighted by Gasteiger charge is 2.15. The maximum Gasteiger partial charge on any atom is 0.176 e. The fraction of sp³-hybridized carbons (Fsp3) is 0.273. The Morgan fingerprint density at radius 3 is 2.67 bits per heavy atom. The number of hydrogen-bond acceptors (Lipinski definition) is 3. The third-order valence-electron chi connectivity index (χ3n) is 2.01. The van der Waals surface area contributed by atoms with Gasteiger partial charge in [-0.25, -0.2) is 0 Å². The molecule has 0 aliphatic rings. The Bertz CT molecular complexity index is 388. The number of benzene rings is 1. The third-order valence-corrected chi connectivity index (χ3v) is 3.15. The first-order valence-corrected chi connectivity index (χ1v) is 6.55. The van der Waals surface area contributed by atoms with Crippen LogP contribution in [0.5, 0.6) is 0 Å². The minimum atomic E-state index is -0.267. The predicted molar refractivity (Wildman–Crippen MR) is 66.3 cm³/mol. The summed E-state index contributed by atoms with van der Waals surface area (Å²) in [5.41, 5.74) is 0.935. The number of aldehydes is 1. The highest BCUT2D eigenvalue weighted by atomic mass is 79.9. The number of Topliss-reactive ketones (excluding diaryl/α,β-unsaturated/α-hetero) is 1. The number of carbonyl (C=O) groups is 2. The van der Waals surface area contributed by atoms with Gasteiger partial charge >= 0.3 is 0 Å². The molecule has 0 saturated heterocycles. The van der Waals surface area contributed by atoms with E-state index in [9.17, 15) is 9.59 Å². The molecule has 1 aromatic rings. The summed E-state index contributed by atoms with van der Waals surface area (Å²) >= 11 is 4.75. The van der Waals surface area contributed by atoms with Crippen LogP contribution in [0, 0.1) is 0 Å². The van der Waals surface area contributed by atoms with Crippen LogP contribution in [0.4, 0.5) is 0 Å². The largest absolute Gasteiger partial charge is 0.298 e. The summed E-state index contributed by atoms with van der Waals surface area (Å²) in [7, 11) is 0. The summed E-state index contributed by atoms with van der Waals surface area (Å²) in [5, 5.41) is 0. The normalized spacial score (nSPS) is 12.2. The van der Waals surface area contributed by atoms with Crippen LogP contribution in [0.15, 0.2) is 23.1 Å². The standard InChI is InChI=1S/C11H11BrO2S/c1-7(12)11(14)10-4-3-9(15-2)5-8(10)6-13/h3-7H,1-2H3. The van der Waals surface area contributed by atoms with Crippen molar-refractivity contribution in [3.05, 3.63) is 29.3 Å². The fourth-order valence-corrected chi connectivity index (χ4v) is 1.90. The number of thioether (sulfide) groups is 1. The smallest absolute Gasteiger partial charge is 0.176 e. The lowest BCUT2D eigenvalue weighted by Gasteiger charge is -2.07. The molecule has 1 unspecified atom stereocenters. The van der Waals surface area contributed by atoms with Crippen molar-refractivity contribution in [1.82, 2.24) is 0 Å². The van der Waals surface area contributed by atoms with Gasteiger partial charge in [0, 0.05) is 16.0 Å². The topological polar surface area (TPSA) is 34.1 Å². The molecule has 80 valence electrons. The Balaban J connectivity index is 3.19. The summed E-state index contributed by atoms with van der Waals surface area (Å²) in [6, 6.07) is 5.29. The highest BCUT2D eigenvalue weighted by Crippen LogP contribution is 2.20. The van der Waals surface area contributed by atoms with Gasteiger partial charge < -0.3 is 0 Å². The second kappa shape index (κ2) is 5.47. The zero-order valence-corrected chi connectivity index (χ0v) is 10.9. The van der Waals surface area contributed by atoms with Gasteiger partial charge in [0.05, 0.1) is 4.83 Å². The molecule has 0 radical (unpaired) electrons. The van der Waals surface area contributed by atoms with E-state index in [0.717, 1.165) is 11.2 Å². The molecule has 0 bridgehead atoms. The Hall–Kier alpha value is -0.610. The maximum absolute atomic E-state index is 11.7. The fourth-order valence-electron chi connectivity index (χ4n) is 1.20. The van der Waals surface area contributed by atoms with Crippen LogP contribution in [-0.4, -0.2) is 23.2 Å². The van der Waals surface area contributed by atoms with Crippen molar-refractivity contribution in [3.8, 4) is 0 Å². The molecular weight excluding hydrogens is 276 g/mol. The minimum Gasteiger partial charge on any atom is -0.298 e. The van der Waals surface area contributed by atoms with Crippen molar-refractivity contribution >= 4 is 39.8 Å². The van der Waals surface area contributed by atoms with Crippen molar-refractivity contribution in [2.45, 2.75) is 16.6 Å².